The average Bonchev–Trinajstić information content (AvgIpc) is 2.22. The lowest BCUT2D eigenvalue weighted by Crippen LogP contribution is -1.80. The molecule has 0 amide bonds. The van der Waals surface area contributed by atoms with Crippen LogP contribution in [0.1, 0.15) is 0 Å². The summed E-state index contributed by atoms with van der Waals surface area (Å²) in [4.78, 5) is 0. The molecular formula is C12H8ClFO. The Morgan fingerprint density at radius 2 is 1.73 bits per heavy atom. The third-order valence-corrected chi connectivity index (χ3v) is 2.42. The van der Waals surface area contributed by atoms with Crippen molar-refractivity contribution in [2.24, 2.45) is 0 Å². The zero-order valence-corrected chi connectivity index (χ0v) is 8.50. The number of hydrogen-bond acceptors (Lipinski definition) is 1. The van der Waals surface area contributed by atoms with Crippen molar-refractivity contribution >= 4 is 11.6 Å². The fraction of sp³-hybridized carbons (Fsp3) is 0. The third-order valence-electron chi connectivity index (χ3n) is 2.10. The number of aromatic hydroxyl groups is 1. The average molecular weight is 223 g/mol. The van der Waals surface area contributed by atoms with E-state index < -0.39 is 0 Å². The molecule has 0 bridgehead atoms. The largest absolute Gasteiger partial charge is 0.506 e. The van der Waals surface area contributed by atoms with Crippen LogP contribution in [0, 0.1) is 5.82 Å². The number of halogens is 2. The van der Waals surface area contributed by atoms with Gasteiger partial charge in [-0.15, -0.1) is 0 Å². The first-order valence-corrected chi connectivity index (χ1v) is 4.79. The van der Waals surface area contributed by atoms with Gasteiger partial charge in [0, 0.05) is 0 Å². The van der Waals surface area contributed by atoms with Gasteiger partial charge in [0.25, 0.3) is 0 Å². The van der Waals surface area contributed by atoms with Crippen molar-refractivity contribution < 1.29 is 9.50 Å². The maximum absolute atomic E-state index is 12.9. The first-order valence-electron chi connectivity index (χ1n) is 4.41. The fourth-order valence-corrected chi connectivity index (χ4v) is 1.48. The second-order valence-electron chi connectivity index (χ2n) is 3.18. The molecule has 0 aliphatic heterocycles. The first-order chi connectivity index (χ1) is 7.16. The van der Waals surface area contributed by atoms with Crippen LogP contribution in [0.4, 0.5) is 4.39 Å². The molecular weight excluding hydrogens is 215 g/mol. The zero-order valence-electron chi connectivity index (χ0n) is 7.74. The SMILES string of the molecule is Oc1cc(-c2cccc(F)c2)ccc1Cl. The van der Waals surface area contributed by atoms with Crippen LogP contribution < -0.4 is 0 Å². The Labute approximate surface area is 91.8 Å². The molecule has 0 atom stereocenters. The number of benzene rings is 2. The molecule has 15 heavy (non-hydrogen) atoms. The Bertz CT molecular complexity index is 497. The lowest BCUT2D eigenvalue weighted by molar-refractivity contribution is 0.476. The van der Waals surface area contributed by atoms with Crippen LogP contribution in [0.3, 0.4) is 0 Å². The van der Waals surface area contributed by atoms with Crippen molar-refractivity contribution in [3.05, 3.63) is 53.3 Å². The van der Waals surface area contributed by atoms with Crippen LogP contribution in [-0.2, 0) is 0 Å². The van der Waals surface area contributed by atoms with Crippen molar-refractivity contribution in [3.8, 4) is 16.9 Å². The molecule has 0 saturated heterocycles. The van der Waals surface area contributed by atoms with Gasteiger partial charge >= 0.3 is 0 Å². The number of phenols is 1. The quantitative estimate of drug-likeness (QED) is 0.777. The molecule has 0 unspecified atom stereocenters. The van der Waals surface area contributed by atoms with E-state index in [0.29, 0.717) is 5.56 Å². The minimum absolute atomic E-state index is 0.00146. The number of rotatable bonds is 1. The lowest BCUT2D eigenvalue weighted by atomic mass is 10.1. The highest BCUT2D eigenvalue weighted by atomic mass is 35.5. The van der Waals surface area contributed by atoms with Gasteiger partial charge < -0.3 is 5.11 Å². The van der Waals surface area contributed by atoms with Gasteiger partial charge in [-0.05, 0) is 35.4 Å². The van der Waals surface area contributed by atoms with E-state index in [9.17, 15) is 9.50 Å². The second kappa shape index (κ2) is 3.91. The van der Waals surface area contributed by atoms with Crippen LogP contribution in [0.2, 0.25) is 5.02 Å². The van der Waals surface area contributed by atoms with Gasteiger partial charge in [-0.3, -0.25) is 0 Å². The third kappa shape index (κ3) is 2.10. The maximum Gasteiger partial charge on any atom is 0.134 e. The molecule has 76 valence electrons. The normalized spacial score (nSPS) is 10.3. The maximum atomic E-state index is 12.9. The van der Waals surface area contributed by atoms with Crippen LogP contribution in [0.5, 0.6) is 5.75 Å². The molecule has 0 aromatic heterocycles. The molecule has 2 aromatic rings. The fourth-order valence-electron chi connectivity index (χ4n) is 1.36. The minimum Gasteiger partial charge on any atom is -0.506 e. The van der Waals surface area contributed by atoms with E-state index >= 15 is 0 Å². The van der Waals surface area contributed by atoms with Crippen LogP contribution in [0.15, 0.2) is 42.5 Å². The summed E-state index contributed by atoms with van der Waals surface area (Å²) in [6.07, 6.45) is 0. The van der Waals surface area contributed by atoms with E-state index in [2.05, 4.69) is 0 Å². The van der Waals surface area contributed by atoms with E-state index in [4.69, 9.17) is 11.6 Å². The Morgan fingerprint density at radius 1 is 1.00 bits per heavy atom. The van der Waals surface area contributed by atoms with E-state index in [1.54, 1.807) is 24.3 Å². The molecule has 0 fully saturated rings. The Balaban J connectivity index is 2.50. The Hall–Kier alpha value is -1.54. The monoisotopic (exact) mass is 222 g/mol. The standard InChI is InChI=1S/C12H8ClFO/c13-11-5-4-9(7-12(11)15)8-2-1-3-10(14)6-8/h1-7,15H. The van der Waals surface area contributed by atoms with Crippen molar-refractivity contribution in [3.63, 3.8) is 0 Å². The summed E-state index contributed by atoms with van der Waals surface area (Å²) in [7, 11) is 0. The van der Waals surface area contributed by atoms with Crippen molar-refractivity contribution in [1.29, 1.82) is 0 Å². The predicted molar refractivity (Wildman–Crippen MR) is 58.5 cm³/mol. The summed E-state index contributed by atoms with van der Waals surface area (Å²) in [6.45, 7) is 0. The second-order valence-corrected chi connectivity index (χ2v) is 3.58. The summed E-state index contributed by atoms with van der Waals surface area (Å²) < 4.78 is 12.9. The van der Waals surface area contributed by atoms with Gasteiger partial charge in [-0.25, -0.2) is 4.39 Å². The van der Waals surface area contributed by atoms with E-state index in [1.165, 1.54) is 18.2 Å². The zero-order chi connectivity index (χ0) is 10.8. The van der Waals surface area contributed by atoms with Gasteiger partial charge in [0.2, 0.25) is 0 Å². The van der Waals surface area contributed by atoms with E-state index in [0.717, 1.165) is 5.56 Å². The van der Waals surface area contributed by atoms with E-state index in [-0.39, 0.29) is 16.6 Å². The highest BCUT2D eigenvalue weighted by Gasteiger charge is 2.02. The lowest BCUT2D eigenvalue weighted by Gasteiger charge is -2.03. The molecule has 0 aliphatic rings. The minimum atomic E-state index is -0.304. The van der Waals surface area contributed by atoms with Crippen molar-refractivity contribution in [2.45, 2.75) is 0 Å². The van der Waals surface area contributed by atoms with Gasteiger partial charge in [-0.2, -0.15) is 0 Å². The van der Waals surface area contributed by atoms with Gasteiger partial charge in [0.1, 0.15) is 11.6 Å². The molecule has 0 radical (unpaired) electrons. The summed E-state index contributed by atoms with van der Waals surface area (Å²) in [6, 6.07) is 11.0. The molecule has 0 spiro atoms. The number of hydrogen-bond donors (Lipinski definition) is 1. The van der Waals surface area contributed by atoms with Gasteiger partial charge in [0.15, 0.2) is 0 Å². The van der Waals surface area contributed by atoms with Crippen LogP contribution in [0.25, 0.3) is 11.1 Å². The first kappa shape index (κ1) is 9.99. The van der Waals surface area contributed by atoms with Crippen molar-refractivity contribution in [2.75, 3.05) is 0 Å². The molecule has 2 aromatic carbocycles. The highest BCUT2D eigenvalue weighted by molar-refractivity contribution is 6.32. The van der Waals surface area contributed by atoms with Gasteiger partial charge in [0.05, 0.1) is 5.02 Å². The van der Waals surface area contributed by atoms with Gasteiger partial charge in [-0.1, -0.05) is 29.8 Å². The summed E-state index contributed by atoms with van der Waals surface area (Å²) in [5.74, 6) is -0.305. The van der Waals surface area contributed by atoms with Crippen LogP contribution in [-0.4, -0.2) is 5.11 Å². The predicted octanol–water partition coefficient (Wildman–Crippen LogP) is 3.85. The topological polar surface area (TPSA) is 20.2 Å². The smallest absolute Gasteiger partial charge is 0.134 e. The molecule has 1 N–H and O–H groups in total. The summed E-state index contributed by atoms with van der Waals surface area (Å²) in [5.41, 5.74) is 1.44. The highest BCUT2D eigenvalue weighted by Crippen LogP contribution is 2.29. The molecule has 0 heterocycles. The Kier molecular flexibility index (Phi) is 2.60. The summed E-state index contributed by atoms with van der Waals surface area (Å²) in [5, 5.41) is 9.69. The molecule has 0 saturated carbocycles. The molecule has 3 heteroatoms. The number of phenolic OH excluding ortho intramolecular Hbond substituents is 1. The van der Waals surface area contributed by atoms with Crippen molar-refractivity contribution in [1.82, 2.24) is 0 Å². The molecule has 1 nitrogen and oxygen atoms in total. The Morgan fingerprint density at radius 3 is 2.40 bits per heavy atom. The van der Waals surface area contributed by atoms with E-state index in [1.807, 2.05) is 0 Å². The van der Waals surface area contributed by atoms with Crippen LogP contribution >= 0.6 is 11.6 Å². The summed E-state index contributed by atoms with van der Waals surface area (Å²) >= 11 is 5.68. The molecule has 2 rings (SSSR count). The molecule has 0 aliphatic carbocycles.